The third-order valence-corrected chi connectivity index (χ3v) is 4.35. The van der Waals surface area contributed by atoms with E-state index in [0.717, 1.165) is 28.2 Å². The topological polar surface area (TPSA) is 68.5 Å². The Morgan fingerprint density at radius 1 is 1.07 bits per heavy atom. The van der Waals surface area contributed by atoms with Crippen LogP contribution in [0.15, 0.2) is 67.6 Å². The summed E-state index contributed by atoms with van der Waals surface area (Å²) in [4.78, 5) is 18.1. The maximum atomic E-state index is 4.65. The van der Waals surface area contributed by atoms with E-state index in [9.17, 15) is 0 Å². The highest BCUT2D eigenvalue weighted by Crippen LogP contribution is 2.26. The molecule has 0 saturated carbocycles. The van der Waals surface area contributed by atoms with Gasteiger partial charge in [0, 0.05) is 18.6 Å². The van der Waals surface area contributed by atoms with Crippen molar-refractivity contribution < 1.29 is 0 Å². The number of hydrogen-bond donors (Lipinski definition) is 1. The highest BCUT2D eigenvalue weighted by atomic mass is 15.1. The van der Waals surface area contributed by atoms with Crippen LogP contribution in [-0.4, -0.2) is 24.5 Å². The Labute approximate surface area is 157 Å². The van der Waals surface area contributed by atoms with Crippen molar-refractivity contribution in [3.63, 3.8) is 0 Å². The summed E-state index contributed by atoms with van der Waals surface area (Å²) in [5, 5.41) is 3.49. The van der Waals surface area contributed by atoms with Gasteiger partial charge in [-0.1, -0.05) is 18.7 Å². The van der Waals surface area contributed by atoms with Gasteiger partial charge >= 0.3 is 0 Å². The first kappa shape index (κ1) is 16.9. The Morgan fingerprint density at radius 2 is 1.89 bits per heavy atom. The van der Waals surface area contributed by atoms with Crippen molar-refractivity contribution >= 4 is 22.9 Å². The molecule has 4 rings (SSSR count). The van der Waals surface area contributed by atoms with E-state index >= 15 is 0 Å². The summed E-state index contributed by atoms with van der Waals surface area (Å²) in [6, 6.07) is 13.8. The summed E-state index contributed by atoms with van der Waals surface area (Å²) in [5.41, 5.74) is 3.74. The summed E-state index contributed by atoms with van der Waals surface area (Å²) in [6.45, 7) is 6.52. The fourth-order valence-electron chi connectivity index (χ4n) is 3.03. The van der Waals surface area contributed by atoms with E-state index in [-0.39, 0.29) is 6.04 Å². The lowest BCUT2D eigenvalue weighted by molar-refractivity contribution is 0.796. The van der Waals surface area contributed by atoms with Gasteiger partial charge in [-0.3, -0.25) is 9.97 Å². The molecule has 6 heteroatoms. The molecular formula is C21H20N6. The molecule has 6 nitrogen and oxygen atoms in total. The maximum absolute atomic E-state index is 4.65. The van der Waals surface area contributed by atoms with E-state index in [1.54, 1.807) is 18.5 Å². The highest BCUT2D eigenvalue weighted by Gasteiger charge is 2.15. The van der Waals surface area contributed by atoms with Crippen molar-refractivity contribution in [3.8, 4) is 0 Å². The zero-order valence-electron chi connectivity index (χ0n) is 15.1. The van der Waals surface area contributed by atoms with Gasteiger partial charge in [0.05, 0.1) is 29.5 Å². The molecule has 0 saturated heterocycles. The SMILES string of the molecule is C=Cc1nc(N[C@H](C)c2ccccn2)c2c(ccn2Cc2ccccn2)n1. The van der Waals surface area contributed by atoms with Crippen molar-refractivity contribution in [3.05, 3.63) is 84.8 Å². The average Bonchev–Trinajstić information content (AvgIpc) is 3.12. The van der Waals surface area contributed by atoms with Crippen LogP contribution in [0.2, 0.25) is 0 Å². The Bertz CT molecular complexity index is 1060. The lowest BCUT2D eigenvalue weighted by atomic mass is 10.2. The van der Waals surface area contributed by atoms with Gasteiger partial charge in [0.25, 0.3) is 0 Å². The van der Waals surface area contributed by atoms with Crippen LogP contribution in [-0.2, 0) is 6.54 Å². The molecule has 0 aliphatic heterocycles. The molecule has 0 amide bonds. The minimum Gasteiger partial charge on any atom is -0.360 e. The molecular weight excluding hydrogens is 336 g/mol. The molecule has 0 unspecified atom stereocenters. The van der Waals surface area contributed by atoms with Gasteiger partial charge < -0.3 is 9.88 Å². The second-order valence-electron chi connectivity index (χ2n) is 6.25. The van der Waals surface area contributed by atoms with Gasteiger partial charge in [0.15, 0.2) is 11.6 Å². The van der Waals surface area contributed by atoms with E-state index in [1.165, 1.54) is 0 Å². The molecule has 0 radical (unpaired) electrons. The molecule has 4 aromatic heterocycles. The van der Waals surface area contributed by atoms with Gasteiger partial charge in [-0.2, -0.15) is 0 Å². The summed E-state index contributed by atoms with van der Waals surface area (Å²) in [6.07, 6.45) is 7.27. The Morgan fingerprint density at radius 3 is 2.59 bits per heavy atom. The normalized spacial score (nSPS) is 12.0. The average molecular weight is 356 g/mol. The summed E-state index contributed by atoms with van der Waals surface area (Å²) < 4.78 is 2.11. The monoisotopic (exact) mass is 356 g/mol. The van der Waals surface area contributed by atoms with Crippen molar-refractivity contribution in [2.45, 2.75) is 19.5 Å². The van der Waals surface area contributed by atoms with Crippen molar-refractivity contribution in [2.24, 2.45) is 0 Å². The largest absolute Gasteiger partial charge is 0.360 e. The first-order chi connectivity index (χ1) is 13.2. The van der Waals surface area contributed by atoms with E-state index < -0.39 is 0 Å². The van der Waals surface area contributed by atoms with Crippen LogP contribution in [0.4, 0.5) is 5.82 Å². The molecule has 0 aliphatic carbocycles. The van der Waals surface area contributed by atoms with Crippen LogP contribution < -0.4 is 5.32 Å². The molecule has 134 valence electrons. The Hall–Kier alpha value is -3.54. The van der Waals surface area contributed by atoms with Gasteiger partial charge in [0.2, 0.25) is 0 Å². The summed E-state index contributed by atoms with van der Waals surface area (Å²) >= 11 is 0. The molecule has 0 bridgehead atoms. The van der Waals surface area contributed by atoms with E-state index in [4.69, 9.17) is 0 Å². The number of pyridine rings is 2. The fraction of sp³-hybridized carbons (Fsp3) is 0.143. The molecule has 1 atom stereocenters. The van der Waals surface area contributed by atoms with Crippen LogP contribution in [0, 0.1) is 0 Å². The zero-order chi connectivity index (χ0) is 18.6. The van der Waals surface area contributed by atoms with Gasteiger partial charge in [-0.25, -0.2) is 9.97 Å². The molecule has 1 N–H and O–H groups in total. The Balaban J connectivity index is 1.75. The zero-order valence-corrected chi connectivity index (χ0v) is 15.1. The third-order valence-electron chi connectivity index (χ3n) is 4.35. The smallest absolute Gasteiger partial charge is 0.155 e. The molecule has 0 aromatic carbocycles. The summed E-state index contributed by atoms with van der Waals surface area (Å²) in [7, 11) is 0. The predicted molar refractivity (Wildman–Crippen MR) is 107 cm³/mol. The van der Waals surface area contributed by atoms with E-state index in [1.807, 2.05) is 48.7 Å². The van der Waals surface area contributed by atoms with Crippen LogP contribution >= 0.6 is 0 Å². The maximum Gasteiger partial charge on any atom is 0.155 e. The highest BCUT2D eigenvalue weighted by molar-refractivity contribution is 5.87. The standard InChI is InChI=1S/C21H20N6/c1-3-19-25-18-10-13-27(14-16-8-4-6-11-22-16)20(18)21(26-19)24-15(2)17-9-5-7-12-23-17/h3-13,15H,1,14H2,2H3,(H,24,25,26)/t15-/m1/s1. The van der Waals surface area contributed by atoms with Crippen LogP contribution in [0.5, 0.6) is 0 Å². The molecule has 0 aliphatic rings. The first-order valence-corrected chi connectivity index (χ1v) is 8.81. The van der Waals surface area contributed by atoms with E-state index in [0.29, 0.717) is 12.4 Å². The molecule has 0 fully saturated rings. The van der Waals surface area contributed by atoms with Crippen LogP contribution in [0.25, 0.3) is 17.1 Å². The van der Waals surface area contributed by atoms with Crippen LogP contribution in [0.1, 0.15) is 30.2 Å². The third kappa shape index (κ3) is 3.55. The number of hydrogen-bond acceptors (Lipinski definition) is 5. The van der Waals surface area contributed by atoms with Crippen molar-refractivity contribution in [1.29, 1.82) is 0 Å². The fourth-order valence-corrected chi connectivity index (χ4v) is 3.03. The minimum absolute atomic E-state index is 0.000153. The van der Waals surface area contributed by atoms with Crippen LogP contribution in [0.3, 0.4) is 0 Å². The number of nitrogens with zero attached hydrogens (tertiary/aromatic N) is 5. The molecule has 4 aromatic rings. The number of fused-ring (bicyclic) bond motifs is 1. The Kier molecular flexibility index (Phi) is 4.61. The quantitative estimate of drug-likeness (QED) is 0.564. The van der Waals surface area contributed by atoms with Crippen molar-refractivity contribution in [1.82, 2.24) is 24.5 Å². The minimum atomic E-state index is 0.000153. The van der Waals surface area contributed by atoms with Crippen molar-refractivity contribution in [2.75, 3.05) is 5.32 Å². The molecule has 27 heavy (non-hydrogen) atoms. The molecule has 0 spiro atoms. The van der Waals surface area contributed by atoms with Gasteiger partial charge in [0.1, 0.15) is 5.52 Å². The predicted octanol–water partition coefficient (Wildman–Crippen LogP) is 4.09. The number of nitrogens with one attached hydrogen (secondary N) is 1. The second kappa shape index (κ2) is 7.37. The summed E-state index contributed by atoms with van der Waals surface area (Å²) in [5.74, 6) is 1.35. The number of anilines is 1. The van der Waals surface area contributed by atoms with Gasteiger partial charge in [-0.05, 0) is 43.3 Å². The first-order valence-electron chi connectivity index (χ1n) is 8.81. The second-order valence-corrected chi connectivity index (χ2v) is 6.25. The van der Waals surface area contributed by atoms with E-state index in [2.05, 4.69) is 43.3 Å². The number of rotatable bonds is 6. The molecule has 4 heterocycles. The lowest BCUT2D eigenvalue weighted by Gasteiger charge is -2.16. The lowest BCUT2D eigenvalue weighted by Crippen LogP contribution is -2.12. The van der Waals surface area contributed by atoms with Gasteiger partial charge in [-0.15, -0.1) is 0 Å². The number of aromatic nitrogens is 5.